The summed E-state index contributed by atoms with van der Waals surface area (Å²) in [5, 5.41) is 0.346. The first-order chi connectivity index (χ1) is 9.82. The molecule has 0 spiro atoms. The van der Waals surface area contributed by atoms with Crippen molar-refractivity contribution in [3.63, 3.8) is 0 Å². The lowest BCUT2D eigenvalue weighted by molar-refractivity contribution is -0.143. The molecule has 0 aliphatic heterocycles. The molecular formula is C13H19ClN2O4S. The van der Waals surface area contributed by atoms with E-state index in [2.05, 4.69) is 0 Å². The lowest BCUT2D eigenvalue weighted by Crippen LogP contribution is -2.37. The number of hydrogen-bond donors (Lipinski definition) is 1. The number of ether oxygens (including phenoxy) is 1. The zero-order valence-electron chi connectivity index (χ0n) is 12.0. The maximum absolute atomic E-state index is 12.6. The lowest BCUT2D eigenvalue weighted by Gasteiger charge is -2.21. The average Bonchev–Trinajstić information content (AvgIpc) is 2.38. The van der Waals surface area contributed by atoms with Crippen molar-refractivity contribution >= 4 is 33.3 Å². The fraction of sp³-hybridized carbons (Fsp3) is 0.462. The van der Waals surface area contributed by atoms with Crippen LogP contribution >= 0.6 is 11.6 Å². The van der Waals surface area contributed by atoms with Gasteiger partial charge in [0.15, 0.2) is 0 Å². The molecule has 1 aromatic carbocycles. The molecule has 0 aliphatic rings. The summed E-state index contributed by atoms with van der Waals surface area (Å²) < 4.78 is 31.0. The second kappa shape index (κ2) is 7.63. The normalized spacial score (nSPS) is 11.6. The van der Waals surface area contributed by atoms with Gasteiger partial charge in [0.2, 0.25) is 10.0 Å². The van der Waals surface area contributed by atoms with Gasteiger partial charge in [-0.15, -0.1) is 0 Å². The molecule has 0 atom stereocenters. The first-order valence-electron chi connectivity index (χ1n) is 6.53. The Balaban J connectivity index is 3.12. The van der Waals surface area contributed by atoms with Gasteiger partial charge in [0, 0.05) is 11.6 Å². The number of benzene rings is 1. The molecule has 0 unspecified atom stereocenters. The van der Waals surface area contributed by atoms with Crippen LogP contribution in [0.3, 0.4) is 0 Å². The maximum atomic E-state index is 12.6. The minimum Gasteiger partial charge on any atom is -0.465 e. The Morgan fingerprint density at radius 2 is 2.05 bits per heavy atom. The van der Waals surface area contributed by atoms with Gasteiger partial charge in [0.25, 0.3) is 0 Å². The molecule has 0 aliphatic carbocycles. The molecule has 1 rings (SSSR count). The molecule has 21 heavy (non-hydrogen) atoms. The Morgan fingerprint density at radius 3 is 2.57 bits per heavy atom. The lowest BCUT2D eigenvalue weighted by atomic mass is 10.3. The third-order valence-corrected chi connectivity index (χ3v) is 4.83. The Kier molecular flexibility index (Phi) is 6.44. The summed E-state index contributed by atoms with van der Waals surface area (Å²) in [5.41, 5.74) is 5.77. The van der Waals surface area contributed by atoms with Crippen LogP contribution in [0.25, 0.3) is 0 Å². The predicted octanol–water partition coefficient (Wildman–Crippen LogP) is 1.89. The number of halogens is 1. The Morgan fingerprint density at radius 1 is 1.38 bits per heavy atom. The van der Waals surface area contributed by atoms with Gasteiger partial charge < -0.3 is 10.5 Å². The maximum Gasteiger partial charge on any atom is 0.321 e. The quantitative estimate of drug-likeness (QED) is 0.607. The molecule has 0 heterocycles. The highest BCUT2D eigenvalue weighted by Gasteiger charge is 2.28. The number of hydrogen-bond acceptors (Lipinski definition) is 5. The van der Waals surface area contributed by atoms with Crippen LogP contribution in [0.4, 0.5) is 5.69 Å². The van der Waals surface area contributed by atoms with E-state index in [0.717, 1.165) is 4.31 Å². The zero-order chi connectivity index (χ0) is 16.0. The van der Waals surface area contributed by atoms with Crippen molar-refractivity contribution in [2.75, 3.05) is 25.4 Å². The van der Waals surface area contributed by atoms with Crippen molar-refractivity contribution < 1.29 is 17.9 Å². The van der Waals surface area contributed by atoms with Gasteiger partial charge >= 0.3 is 5.97 Å². The van der Waals surface area contributed by atoms with E-state index in [9.17, 15) is 13.2 Å². The van der Waals surface area contributed by atoms with Gasteiger partial charge in [0.1, 0.15) is 11.4 Å². The molecule has 6 nitrogen and oxygen atoms in total. The highest BCUT2D eigenvalue weighted by Crippen LogP contribution is 2.25. The molecule has 118 valence electrons. The number of nitrogens with two attached hydrogens (primary N) is 1. The fourth-order valence-corrected chi connectivity index (χ4v) is 3.53. The molecule has 1 aromatic rings. The Labute approximate surface area is 129 Å². The molecule has 0 saturated carbocycles. The number of rotatable bonds is 7. The highest BCUT2D eigenvalue weighted by molar-refractivity contribution is 7.89. The van der Waals surface area contributed by atoms with Crippen LogP contribution < -0.4 is 5.73 Å². The summed E-state index contributed by atoms with van der Waals surface area (Å²) in [5.74, 6) is -0.595. The molecule has 0 amide bonds. The van der Waals surface area contributed by atoms with E-state index >= 15 is 0 Å². The Bertz CT molecular complexity index is 604. The van der Waals surface area contributed by atoms with Crippen molar-refractivity contribution in [2.45, 2.75) is 25.2 Å². The van der Waals surface area contributed by atoms with Gasteiger partial charge in [-0.1, -0.05) is 18.5 Å². The van der Waals surface area contributed by atoms with Gasteiger partial charge in [0.05, 0.1) is 12.3 Å². The third kappa shape index (κ3) is 4.59. The monoisotopic (exact) mass is 334 g/mol. The minimum atomic E-state index is -3.88. The third-order valence-electron chi connectivity index (χ3n) is 2.67. The second-order valence-electron chi connectivity index (χ2n) is 4.33. The van der Waals surface area contributed by atoms with Gasteiger partial charge in [-0.2, -0.15) is 4.31 Å². The van der Waals surface area contributed by atoms with Crippen LogP contribution in [0.5, 0.6) is 0 Å². The van der Waals surface area contributed by atoms with E-state index in [0.29, 0.717) is 11.4 Å². The molecule has 0 bridgehead atoms. The fourth-order valence-electron chi connectivity index (χ4n) is 1.78. The van der Waals surface area contributed by atoms with Gasteiger partial charge in [-0.3, -0.25) is 4.79 Å². The minimum absolute atomic E-state index is 0.0486. The van der Waals surface area contributed by atoms with Crippen molar-refractivity contribution in [3.8, 4) is 0 Å². The first kappa shape index (κ1) is 17.7. The van der Waals surface area contributed by atoms with Gasteiger partial charge in [-0.25, -0.2) is 8.42 Å². The van der Waals surface area contributed by atoms with Crippen molar-refractivity contribution in [2.24, 2.45) is 0 Å². The van der Waals surface area contributed by atoms with Crippen LogP contribution in [0.2, 0.25) is 5.02 Å². The number of carbonyl (C=O) groups is 1. The largest absolute Gasteiger partial charge is 0.465 e. The number of esters is 1. The standard InChI is InChI=1S/C13H19ClN2O4S/c1-3-7-16(9-13(17)20-4-2)21(18,19)12-6-5-10(14)8-11(12)15/h5-6,8H,3-4,7,9,15H2,1-2H3. The van der Waals surface area contributed by atoms with Crippen LogP contribution in [-0.4, -0.2) is 38.4 Å². The summed E-state index contributed by atoms with van der Waals surface area (Å²) in [6, 6.07) is 4.14. The summed E-state index contributed by atoms with van der Waals surface area (Å²) >= 11 is 5.77. The van der Waals surface area contributed by atoms with Crippen molar-refractivity contribution in [3.05, 3.63) is 23.2 Å². The molecule has 0 radical (unpaired) electrons. The Hall–Kier alpha value is -1.31. The van der Waals surface area contributed by atoms with Crippen LogP contribution in [0.1, 0.15) is 20.3 Å². The van der Waals surface area contributed by atoms with Crippen molar-refractivity contribution in [1.82, 2.24) is 4.31 Å². The number of nitrogens with zero attached hydrogens (tertiary/aromatic N) is 1. The predicted molar refractivity (Wildman–Crippen MR) is 81.5 cm³/mol. The summed E-state index contributed by atoms with van der Waals surface area (Å²) in [6.45, 7) is 3.53. The summed E-state index contributed by atoms with van der Waals surface area (Å²) in [6.07, 6.45) is 0.562. The van der Waals surface area contributed by atoms with Crippen molar-refractivity contribution in [1.29, 1.82) is 0 Å². The van der Waals surface area contributed by atoms with E-state index in [-0.39, 0.29) is 30.3 Å². The van der Waals surface area contributed by atoms with E-state index in [1.54, 1.807) is 6.92 Å². The molecule has 8 heteroatoms. The van der Waals surface area contributed by atoms with Crippen LogP contribution in [0, 0.1) is 0 Å². The molecule has 0 fully saturated rings. The topological polar surface area (TPSA) is 89.7 Å². The van der Waals surface area contributed by atoms with Crippen LogP contribution in [-0.2, 0) is 19.6 Å². The van der Waals surface area contributed by atoms with Crippen LogP contribution in [0.15, 0.2) is 23.1 Å². The SMILES string of the molecule is CCCN(CC(=O)OCC)S(=O)(=O)c1ccc(Cl)cc1N. The average molecular weight is 335 g/mol. The van der Waals surface area contributed by atoms with E-state index in [1.807, 2.05) is 6.92 Å². The number of sulfonamides is 1. The second-order valence-corrected chi connectivity index (χ2v) is 6.67. The molecule has 0 saturated heterocycles. The van der Waals surface area contributed by atoms with E-state index < -0.39 is 16.0 Å². The number of carbonyl (C=O) groups excluding carboxylic acids is 1. The number of nitrogen functional groups attached to an aromatic ring is 1. The molecular weight excluding hydrogens is 316 g/mol. The summed E-state index contributed by atoms with van der Waals surface area (Å²) in [4.78, 5) is 11.5. The number of anilines is 1. The smallest absolute Gasteiger partial charge is 0.321 e. The van der Waals surface area contributed by atoms with Gasteiger partial charge in [-0.05, 0) is 31.5 Å². The molecule has 0 aromatic heterocycles. The first-order valence-corrected chi connectivity index (χ1v) is 8.35. The van der Waals surface area contributed by atoms with E-state index in [1.165, 1.54) is 18.2 Å². The highest BCUT2D eigenvalue weighted by atomic mass is 35.5. The molecule has 2 N–H and O–H groups in total. The zero-order valence-corrected chi connectivity index (χ0v) is 13.6. The summed E-state index contributed by atoms with van der Waals surface area (Å²) in [7, 11) is -3.88. The van der Waals surface area contributed by atoms with E-state index in [4.69, 9.17) is 22.1 Å².